The fourth-order valence-electron chi connectivity index (χ4n) is 2.72. The predicted molar refractivity (Wildman–Crippen MR) is 82.9 cm³/mol. The summed E-state index contributed by atoms with van der Waals surface area (Å²) in [5.74, 6) is -0.917. The molecule has 0 saturated heterocycles. The molecule has 2 amide bonds. The van der Waals surface area contributed by atoms with Crippen molar-refractivity contribution in [2.24, 2.45) is 5.92 Å². The summed E-state index contributed by atoms with van der Waals surface area (Å²) < 4.78 is 12.9. The van der Waals surface area contributed by atoms with Crippen molar-refractivity contribution in [2.75, 3.05) is 0 Å². The number of hydrogen-bond acceptors (Lipinski definition) is 2. The van der Waals surface area contributed by atoms with Crippen molar-refractivity contribution in [1.29, 1.82) is 0 Å². The Hall–Kier alpha value is -1.91. The first-order chi connectivity index (χ1) is 10.5. The van der Waals surface area contributed by atoms with Gasteiger partial charge in [-0.15, -0.1) is 0 Å². The zero-order valence-electron chi connectivity index (χ0n) is 13.1. The van der Waals surface area contributed by atoms with E-state index < -0.39 is 11.9 Å². The van der Waals surface area contributed by atoms with E-state index >= 15 is 0 Å². The lowest BCUT2D eigenvalue weighted by molar-refractivity contribution is -0.124. The summed E-state index contributed by atoms with van der Waals surface area (Å²) in [5, 5.41) is 5.77. The molecule has 0 aromatic heterocycles. The molecule has 1 aromatic rings. The molecule has 0 radical (unpaired) electrons. The summed E-state index contributed by atoms with van der Waals surface area (Å²) in [4.78, 5) is 24.6. The molecule has 0 spiro atoms. The SMILES string of the molecule is CC(C)C(NC(=O)c1ccc(F)cc1)C(=O)NC1CCCC1. The van der Waals surface area contributed by atoms with E-state index in [1.807, 2.05) is 13.8 Å². The number of nitrogens with one attached hydrogen (secondary N) is 2. The number of benzene rings is 1. The van der Waals surface area contributed by atoms with Gasteiger partial charge in [-0.1, -0.05) is 26.7 Å². The largest absolute Gasteiger partial charge is 0.352 e. The van der Waals surface area contributed by atoms with Crippen molar-refractivity contribution in [3.63, 3.8) is 0 Å². The molecule has 22 heavy (non-hydrogen) atoms. The van der Waals surface area contributed by atoms with E-state index in [2.05, 4.69) is 10.6 Å². The number of halogens is 1. The Morgan fingerprint density at radius 3 is 2.27 bits per heavy atom. The highest BCUT2D eigenvalue weighted by Crippen LogP contribution is 2.18. The highest BCUT2D eigenvalue weighted by Gasteiger charge is 2.27. The zero-order chi connectivity index (χ0) is 16.1. The average Bonchev–Trinajstić information content (AvgIpc) is 2.97. The summed E-state index contributed by atoms with van der Waals surface area (Å²) in [6.07, 6.45) is 4.28. The second-order valence-electron chi connectivity index (χ2n) is 6.19. The molecule has 2 rings (SSSR count). The molecule has 2 N–H and O–H groups in total. The second-order valence-corrected chi connectivity index (χ2v) is 6.19. The number of rotatable bonds is 5. The van der Waals surface area contributed by atoms with Gasteiger partial charge in [0.05, 0.1) is 0 Å². The smallest absolute Gasteiger partial charge is 0.251 e. The third kappa shape index (κ3) is 4.29. The van der Waals surface area contributed by atoms with Crippen molar-refractivity contribution < 1.29 is 14.0 Å². The molecule has 1 atom stereocenters. The first kappa shape index (κ1) is 16.5. The number of hydrogen-bond donors (Lipinski definition) is 2. The van der Waals surface area contributed by atoms with Crippen LogP contribution in [0, 0.1) is 11.7 Å². The molecule has 1 aromatic carbocycles. The fraction of sp³-hybridized carbons (Fsp3) is 0.529. The lowest BCUT2D eigenvalue weighted by Gasteiger charge is -2.23. The van der Waals surface area contributed by atoms with E-state index in [1.165, 1.54) is 24.3 Å². The third-order valence-electron chi connectivity index (χ3n) is 4.04. The van der Waals surface area contributed by atoms with Gasteiger partial charge in [-0.3, -0.25) is 9.59 Å². The summed E-state index contributed by atoms with van der Waals surface area (Å²) in [6.45, 7) is 3.79. The van der Waals surface area contributed by atoms with Gasteiger partial charge < -0.3 is 10.6 Å². The van der Waals surface area contributed by atoms with Crippen LogP contribution < -0.4 is 10.6 Å². The van der Waals surface area contributed by atoms with Gasteiger partial charge >= 0.3 is 0 Å². The molecule has 0 bridgehead atoms. The summed E-state index contributed by atoms with van der Waals surface area (Å²) in [5.41, 5.74) is 0.348. The van der Waals surface area contributed by atoms with Crippen LogP contribution in [0.2, 0.25) is 0 Å². The Balaban J connectivity index is 1.99. The fourth-order valence-corrected chi connectivity index (χ4v) is 2.72. The molecule has 5 heteroatoms. The zero-order valence-corrected chi connectivity index (χ0v) is 13.1. The van der Waals surface area contributed by atoms with Gasteiger partial charge in [0.15, 0.2) is 0 Å². The molecule has 1 aliphatic carbocycles. The molecule has 0 heterocycles. The first-order valence-electron chi connectivity index (χ1n) is 7.84. The van der Waals surface area contributed by atoms with E-state index in [9.17, 15) is 14.0 Å². The van der Waals surface area contributed by atoms with Crippen LogP contribution in [0.15, 0.2) is 24.3 Å². The van der Waals surface area contributed by atoms with Crippen LogP contribution in [-0.2, 0) is 4.79 Å². The highest BCUT2D eigenvalue weighted by molar-refractivity contribution is 5.97. The molecule has 0 aliphatic heterocycles. The van der Waals surface area contributed by atoms with Gasteiger partial charge in [-0.05, 0) is 43.0 Å². The lowest BCUT2D eigenvalue weighted by atomic mass is 10.0. The summed E-state index contributed by atoms with van der Waals surface area (Å²) in [6, 6.07) is 4.93. The van der Waals surface area contributed by atoms with Crippen LogP contribution in [0.5, 0.6) is 0 Å². The Bertz CT molecular complexity index is 522. The minimum absolute atomic E-state index is 0.0224. The predicted octanol–water partition coefficient (Wildman–Crippen LogP) is 2.64. The second kappa shape index (κ2) is 7.38. The van der Waals surface area contributed by atoms with Gasteiger partial charge in [0, 0.05) is 11.6 Å². The van der Waals surface area contributed by atoms with E-state index in [1.54, 1.807) is 0 Å². The number of carbonyl (C=O) groups is 2. The van der Waals surface area contributed by atoms with E-state index in [-0.39, 0.29) is 23.8 Å². The van der Waals surface area contributed by atoms with Crippen molar-refractivity contribution >= 4 is 11.8 Å². The molecule has 4 nitrogen and oxygen atoms in total. The van der Waals surface area contributed by atoms with Crippen LogP contribution in [-0.4, -0.2) is 23.9 Å². The minimum atomic E-state index is -0.585. The lowest BCUT2D eigenvalue weighted by Crippen LogP contribution is -2.51. The van der Waals surface area contributed by atoms with Crippen molar-refractivity contribution in [1.82, 2.24) is 10.6 Å². The number of amides is 2. The maximum Gasteiger partial charge on any atom is 0.251 e. The first-order valence-corrected chi connectivity index (χ1v) is 7.84. The molecule has 1 aliphatic rings. The molecular formula is C17H23FN2O2. The summed E-state index contributed by atoms with van der Waals surface area (Å²) in [7, 11) is 0. The Kier molecular flexibility index (Phi) is 5.52. The van der Waals surface area contributed by atoms with Crippen LogP contribution in [0.3, 0.4) is 0 Å². The molecule has 1 saturated carbocycles. The van der Waals surface area contributed by atoms with Gasteiger partial charge in [0.2, 0.25) is 5.91 Å². The maximum atomic E-state index is 12.9. The van der Waals surface area contributed by atoms with Crippen LogP contribution in [0.1, 0.15) is 49.9 Å². The van der Waals surface area contributed by atoms with E-state index in [0.717, 1.165) is 25.7 Å². The van der Waals surface area contributed by atoms with Gasteiger partial charge in [-0.2, -0.15) is 0 Å². The molecule has 1 unspecified atom stereocenters. The Morgan fingerprint density at radius 1 is 1.14 bits per heavy atom. The van der Waals surface area contributed by atoms with Gasteiger partial charge in [0.25, 0.3) is 5.91 Å². The Labute approximate surface area is 130 Å². The van der Waals surface area contributed by atoms with Crippen molar-refractivity contribution in [3.8, 4) is 0 Å². The molecule has 1 fully saturated rings. The molecule has 120 valence electrons. The number of carbonyl (C=O) groups excluding carboxylic acids is 2. The Morgan fingerprint density at radius 2 is 1.73 bits per heavy atom. The highest BCUT2D eigenvalue weighted by atomic mass is 19.1. The van der Waals surface area contributed by atoms with Gasteiger partial charge in [0.1, 0.15) is 11.9 Å². The normalized spacial score (nSPS) is 16.5. The van der Waals surface area contributed by atoms with Crippen LogP contribution in [0.4, 0.5) is 4.39 Å². The molecular weight excluding hydrogens is 283 g/mol. The van der Waals surface area contributed by atoms with Gasteiger partial charge in [-0.25, -0.2) is 4.39 Å². The standard InChI is InChI=1S/C17H23FN2O2/c1-11(2)15(17(22)19-14-5-3-4-6-14)20-16(21)12-7-9-13(18)10-8-12/h7-11,14-15H,3-6H2,1-2H3,(H,19,22)(H,20,21). The average molecular weight is 306 g/mol. The monoisotopic (exact) mass is 306 g/mol. The topological polar surface area (TPSA) is 58.2 Å². The van der Waals surface area contributed by atoms with Crippen molar-refractivity contribution in [2.45, 2.75) is 51.6 Å². The van der Waals surface area contributed by atoms with Crippen LogP contribution in [0.25, 0.3) is 0 Å². The van der Waals surface area contributed by atoms with E-state index in [0.29, 0.717) is 5.56 Å². The quantitative estimate of drug-likeness (QED) is 0.878. The van der Waals surface area contributed by atoms with Crippen LogP contribution >= 0.6 is 0 Å². The van der Waals surface area contributed by atoms with E-state index in [4.69, 9.17) is 0 Å². The minimum Gasteiger partial charge on any atom is -0.352 e. The van der Waals surface area contributed by atoms with Crippen molar-refractivity contribution in [3.05, 3.63) is 35.6 Å². The third-order valence-corrected chi connectivity index (χ3v) is 4.04. The maximum absolute atomic E-state index is 12.9. The summed E-state index contributed by atoms with van der Waals surface area (Å²) >= 11 is 0.